The Morgan fingerprint density at radius 3 is 3.06 bits per heavy atom. The fourth-order valence-corrected chi connectivity index (χ4v) is 3.40. The smallest absolute Gasteiger partial charge is 0.0699 e. The molecule has 0 bridgehead atoms. The Hall–Kier alpha value is -0.420. The maximum atomic E-state index is 6.22. The van der Waals surface area contributed by atoms with E-state index < -0.39 is 0 Å². The molecule has 0 spiro atoms. The summed E-state index contributed by atoms with van der Waals surface area (Å²) in [7, 11) is 0. The Bertz CT molecular complexity index is 340. The predicted octanol–water partition coefficient (Wildman–Crippen LogP) is 2.64. The van der Waals surface area contributed by atoms with Crippen molar-refractivity contribution in [1.29, 1.82) is 0 Å². The van der Waals surface area contributed by atoms with E-state index in [1.807, 2.05) is 0 Å². The Morgan fingerprint density at radius 1 is 1.61 bits per heavy atom. The first-order valence-electron chi connectivity index (χ1n) is 6.85. The topological polar surface area (TPSA) is 38.5 Å². The molecular weight excluding hydrogens is 244 g/mol. The van der Waals surface area contributed by atoms with Crippen LogP contribution in [0.3, 0.4) is 0 Å². The van der Waals surface area contributed by atoms with Crippen LogP contribution in [0.25, 0.3) is 0 Å². The molecule has 1 fully saturated rings. The lowest BCUT2D eigenvalue weighted by molar-refractivity contribution is 0.0434. The van der Waals surface area contributed by atoms with Gasteiger partial charge in [0.15, 0.2) is 0 Å². The third-order valence-corrected chi connectivity index (χ3v) is 4.31. The molecule has 2 heterocycles. The molecule has 3 atom stereocenters. The van der Waals surface area contributed by atoms with E-state index in [1.54, 1.807) is 11.3 Å². The second-order valence-electron chi connectivity index (χ2n) is 5.11. The van der Waals surface area contributed by atoms with Gasteiger partial charge < -0.3 is 10.5 Å². The summed E-state index contributed by atoms with van der Waals surface area (Å²) in [5, 5.41) is 4.36. The molecule has 0 aromatic carbocycles. The van der Waals surface area contributed by atoms with E-state index in [-0.39, 0.29) is 6.04 Å². The Kier molecular flexibility index (Phi) is 5.18. The number of hydrogen-bond acceptors (Lipinski definition) is 4. The molecular formula is C14H24N2OS. The van der Waals surface area contributed by atoms with Crippen LogP contribution in [0.5, 0.6) is 0 Å². The first-order valence-corrected chi connectivity index (χ1v) is 7.80. The molecule has 3 nitrogen and oxygen atoms in total. The molecule has 18 heavy (non-hydrogen) atoms. The second-order valence-corrected chi connectivity index (χ2v) is 5.89. The number of nitrogens with zero attached hydrogens (tertiary/aromatic N) is 1. The fourth-order valence-electron chi connectivity index (χ4n) is 2.71. The van der Waals surface area contributed by atoms with Gasteiger partial charge in [0.2, 0.25) is 0 Å². The first-order chi connectivity index (χ1) is 8.72. The SMILES string of the molecule is CCC1CN(C(c2ccsc2)C(C)N)CCCO1. The van der Waals surface area contributed by atoms with E-state index in [9.17, 15) is 0 Å². The molecule has 0 aliphatic carbocycles. The number of ether oxygens (including phenoxy) is 1. The molecule has 1 aromatic heterocycles. The van der Waals surface area contributed by atoms with E-state index in [1.165, 1.54) is 5.56 Å². The minimum absolute atomic E-state index is 0.148. The number of hydrogen-bond donors (Lipinski definition) is 1. The van der Waals surface area contributed by atoms with Crippen molar-refractivity contribution in [3.8, 4) is 0 Å². The van der Waals surface area contributed by atoms with Gasteiger partial charge in [-0.05, 0) is 42.2 Å². The normalized spacial score (nSPS) is 25.6. The van der Waals surface area contributed by atoms with E-state index in [0.29, 0.717) is 12.1 Å². The standard InChI is InChI=1S/C14H24N2OS/c1-3-13-9-16(6-4-7-17-13)14(11(2)15)12-5-8-18-10-12/h5,8,10-11,13-14H,3-4,6-7,9,15H2,1-2H3. The highest BCUT2D eigenvalue weighted by molar-refractivity contribution is 7.07. The van der Waals surface area contributed by atoms with Crippen molar-refractivity contribution in [3.63, 3.8) is 0 Å². The molecule has 2 N–H and O–H groups in total. The monoisotopic (exact) mass is 268 g/mol. The molecule has 1 saturated heterocycles. The van der Waals surface area contributed by atoms with Crippen LogP contribution < -0.4 is 5.73 Å². The zero-order valence-corrected chi connectivity index (χ0v) is 12.2. The molecule has 4 heteroatoms. The van der Waals surface area contributed by atoms with Crippen molar-refractivity contribution in [1.82, 2.24) is 4.90 Å². The van der Waals surface area contributed by atoms with Crippen LogP contribution in [-0.2, 0) is 4.74 Å². The minimum atomic E-state index is 0.148. The van der Waals surface area contributed by atoms with Gasteiger partial charge in [0.25, 0.3) is 0 Å². The molecule has 3 unspecified atom stereocenters. The Morgan fingerprint density at radius 2 is 2.44 bits per heavy atom. The van der Waals surface area contributed by atoms with Gasteiger partial charge in [0.1, 0.15) is 0 Å². The van der Waals surface area contributed by atoms with Crippen molar-refractivity contribution in [3.05, 3.63) is 22.4 Å². The zero-order valence-electron chi connectivity index (χ0n) is 11.3. The maximum absolute atomic E-state index is 6.22. The molecule has 102 valence electrons. The summed E-state index contributed by atoms with van der Waals surface area (Å²) >= 11 is 1.75. The quantitative estimate of drug-likeness (QED) is 0.912. The summed E-state index contributed by atoms with van der Waals surface area (Å²) in [6.07, 6.45) is 2.53. The van der Waals surface area contributed by atoms with Gasteiger partial charge in [0, 0.05) is 25.7 Å². The van der Waals surface area contributed by atoms with Crippen molar-refractivity contribution in [2.45, 2.75) is 44.9 Å². The molecule has 1 aliphatic heterocycles. The largest absolute Gasteiger partial charge is 0.377 e. The van der Waals surface area contributed by atoms with Crippen molar-refractivity contribution < 1.29 is 4.74 Å². The van der Waals surface area contributed by atoms with Gasteiger partial charge in [-0.2, -0.15) is 11.3 Å². The average molecular weight is 268 g/mol. The number of nitrogens with two attached hydrogens (primary N) is 1. The van der Waals surface area contributed by atoms with E-state index in [0.717, 1.165) is 32.5 Å². The van der Waals surface area contributed by atoms with Crippen molar-refractivity contribution >= 4 is 11.3 Å². The van der Waals surface area contributed by atoms with Crippen LogP contribution in [0.15, 0.2) is 16.8 Å². The van der Waals surface area contributed by atoms with Crippen LogP contribution in [0.4, 0.5) is 0 Å². The molecule has 1 aliphatic rings. The summed E-state index contributed by atoms with van der Waals surface area (Å²) in [4.78, 5) is 2.51. The first kappa shape index (κ1) is 14.0. The predicted molar refractivity (Wildman–Crippen MR) is 76.9 cm³/mol. The Labute approximate surface area is 114 Å². The highest BCUT2D eigenvalue weighted by Crippen LogP contribution is 2.27. The highest BCUT2D eigenvalue weighted by Gasteiger charge is 2.27. The van der Waals surface area contributed by atoms with Gasteiger partial charge in [-0.3, -0.25) is 4.90 Å². The minimum Gasteiger partial charge on any atom is -0.377 e. The maximum Gasteiger partial charge on any atom is 0.0699 e. The third-order valence-electron chi connectivity index (χ3n) is 3.61. The fraction of sp³-hybridized carbons (Fsp3) is 0.714. The number of thiophene rings is 1. The Balaban J connectivity index is 2.14. The summed E-state index contributed by atoms with van der Waals surface area (Å²) in [5.41, 5.74) is 7.57. The van der Waals surface area contributed by atoms with Crippen LogP contribution in [0.1, 0.15) is 38.3 Å². The highest BCUT2D eigenvalue weighted by atomic mass is 32.1. The van der Waals surface area contributed by atoms with Gasteiger partial charge in [-0.1, -0.05) is 6.92 Å². The average Bonchev–Trinajstić information content (AvgIpc) is 2.75. The van der Waals surface area contributed by atoms with Crippen LogP contribution >= 0.6 is 11.3 Å². The molecule has 0 amide bonds. The van der Waals surface area contributed by atoms with E-state index in [4.69, 9.17) is 10.5 Å². The number of rotatable bonds is 4. The lowest BCUT2D eigenvalue weighted by atomic mass is 10.0. The zero-order chi connectivity index (χ0) is 13.0. The lowest BCUT2D eigenvalue weighted by Gasteiger charge is -2.34. The lowest BCUT2D eigenvalue weighted by Crippen LogP contribution is -2.42. The summed E-state index contributed by atoms with van der Waals surface area (Å²) in [6.45, 7) is 7.26. The molecule has 0 radical (unpaired) electrons. The van der Waals surface area contributed by atoms with Crippen LogP contribution in [0.2, 0.25) is 0 Å². The van der Waals surface area contributed by atoms with Crippen molar-refractivity contribution in [2.24, 2.45) is 5.73 Å². The molecule has 1 aromatic rings. The van der Waals surface area contributed by atoms with E-state index >= 15 is 0 Å². The molecule has 0 saturated carbocycles. The van der Waals surface area contributed by atoms with Crippen LogP contribution in [0, 0.1) is 0 Å². The second kappa shape index (κ2) is 6.66. The van der Waals surface area contributed by atoms with Gasteiger partial charge in [0.05, 0.1) is 12.1 Å². The van der Waals surface area contributed by atoms with Crippen molar-refractivity contribution in [2.75, 3.05) is 19.7 Å². The van der Waals surface area contributed by atoms with Gasteiger partial charge in [-0.25, -0.2) is 0 Å². The van der Waals surface area contributed by atoms with Gasteiger partial charge >= 0.3 is 0 Å². The molecule has 2 rings (SSSR count). The summed E-state index contributed by atoms with van der Waals surface area (Å²) in [5.74, 6) is 0. The van der Waals surface area contributed by atoms with E-state index in [2.05, 4.69) is 35.6 Å². The van der Waals surface area contributed by atoms with Crippen LogP contribution in [-0.4, -0.2) is 36.7 Å². The van der Waals surface area contributed by atoms with Gasteiger partial charge in [-0.15, -0.1) is 0 Å². The summed E-state index contributed by atoms with van der Waals surface area (Å²) < 4.78 is 5.85. The summed E-state index contributed by atoms with van der Waals surface area (Å²) in [6, 6.07) is 2.67. The third kappa shape index (κ3) is 3.32.